The largest absolute Gasteiger partial charge is 0.310 e. The van der Waals surface area contributed by atoms with Crippen LogP contribution in [0.1, 0.15) is 0 Å². The summed E-state index contributed by atoms with van der Waals surface area (Å²) in [4.78, 5) is 2.47. The number of hydrogen-bond donors (Lipinski definition) is 0. The lowest BCUT2D eigenvalue weighted by atomic mass is 9.93. The number of thiophene rings is 1. The molecule has 0 aliphatic carbocycles. The van der Waals surface area contributed by atoms with Crippen LogP contribution in [0, 0.1) is 0 Å². The minimum atomic E-state index is 1.11. The van der Waals surface area contributed by atoms with Gasteiger partial charge in [0.05, 0.1) is 16.7 Å². The summed E-state index contributed by atoms with van der Waals surface area (Å²) in [5.41, 5.74) is 11.9. The predicted molar refractivity (Wildman–Crippen MR) is 289 cm³/mol. The highest BCUT2D eigenvalue weighted by atomic mass is 32.1. The van der Waals surface area contributed by atoms with Gasteiger partial charge in [-0.25, -0.2) is 0 Å². The maximum Gasteiger partial charge on any atom is 0.0554 e. The van der Waals surface area contributed by atoms with Crippen LogP contribution in [-0.4, -0.2) is 4.57 Å². The molecule has 14 aromatic rings. The Hall–Kier alpha value is -8.50. The lowest BCUT2D eigenvalue weighted by Gasteiger charge is -2.28. The van der Waals surface area contributed by atoms with E-state index in [9.17, 15) is 0 Å². The molecule has 0 radical (unpaired) electrons. The van der Waals surface area contributed by atoms with Crippen LogP contribution >= 0.6 is 11.3 Å². The second-order valence-corrected chi connectivity index (χ2v) is 18.7. The minimum Gasteiger partial charge on any atom is -0.310 e. The Labute approximate surface area is 391 Å². The number of rotatable bonds is 6. The lowest BCUT2D eigenvalue weighted by Crippen LogP contribution is -2.10. The lowest BCUT2D eigenvalue weighted by molar-refractivity contribution is 1.18. The number of para-hydroxylation sites is 2. The topological polar surface area (TPSA) is 8.17 Å². The van der Waals surface area contributed by atoms with Gasteiger partial charge in [0.15, 0.2) is 0 Å². The molecule has 0 N–H and O–H groups in total. The molecule has 0 saturated heterocycles. The van der Waals surface area contributed by atoms with Crippen molar-refractivity contribution in [2.45, 2.75) is 0 Å². The van der Waals surface area contributed by atoms with Crippen LogP contribution in [0.5, 0.6) is 0 Å². The number of hydrogen-bond acceptors (Lipinski definition) is 2. The van der Waals surface area contributed by atoms with Gasteiger partial charge in [-0.05, 0) is 121 Å². The van der Waals surface area contributed by atoms with Gasteiger partial charge in [-0.15, -0.1) is 11.3 Å². The second-order valence-electron chi connectivity index (χ2n) is 17.6. The molecule has 0 saturated carbocycles. The molecule has 2 aromatic heterocycles. The Bertz CT molecular complexity index is 4260. The molecular formula is C64H40N2S. The van der Waals surface area contributed by atoms with Crippen molar-refractivity contribution < 1.29 is 0 Å². The van der Waals surface area contributed by atoms with E-state index in [-0.39, 0.29) is 0 Å². The fraction of sp³-hybridized carbons (Fsp3) is 0. The van der Waals surface area contributed by atoms with Crippen molar-refractivity contribution >= 4 is 113 Å². The molecule has 0 aliphatic heterocycles. The SMILES string of the molecule is c1ccc(-c2ccc(N(c3ccc4c(ccc5ccccc54)c3)c3cc4sc5c6ccccc6c(-c6ccc7c(c6)c6ccccc6n7-c6ccccc6)cc5c4c4ccccc34)cc2)cc1. The van der Waals surface area contributed by atoms with Gasteiger partial charge in [0.1, 0.15) is 0 Å². The van der Waals surface area contributed by atoms with Crippen LogP contribution in [0.15, 0.2) is 243 Å². The molecular weight excluding hydrogens is 829 g/mol. The third kappa shape index (κ3) is 5.95. The van der Waals surface area contributed by atoms with Crippen molar-refractivity contribution in [3.8, 4) is 27.9 Å². The van der Waals surface area contributed by atoms with Gasteiger partial charge >= 0.3 is 0 Å². The van der Waals surface area contributed by atoms with E-state index in [2.05, 4.69) is 252 Å². The predicted octanol–water partition coefficient (Wildman–Crippen LogP) is 18.6. The zero-order valence-electron chi connectivity index (χ0n) is 36.4. The van der Waals surface area contributed by atoms with E-state index in [1.54, 1.807) is 0 Å². The zero-order chi connectivity index (χ0) is 44.0. The molecule has 0 amide bonds. The highest BCUT2D eigenvalue weighted by Gasteiger charge is 2.22. The normalized spacial score (nSPS) is 11.9. The van der Waals surface area contributed by atoms with E-state index >= 15 is 0 Å². The van der Waals surface area contributed by atoms with E-state index in [1.165, 1.54) is 113 Å². The molecule has 2 nitrogen and oxygen atoms in total. The Kier molecular flexibility index (Phi) is 8.49. The summed E-state index contributed by atoms with van der Waals surface area (Å²) in [5.74, 6) is 0. The molecule has 0 fully saturated rings. The molecule has 312 valence electrons. The number of anilines is 3. The quantitative estimate of drug-likeness (QED) is 0.151. The maximum absolute atomic E-state index is 2.48. The van der Waals surface area contributed by atoms with Crippen molar-refractivity contribution in [2.75, 3.05) is 4.90 Å². The number of fused-ring (bicyclic) bond motifs is 13. The molecule has 0 atom stereocenters. The van der Waals surface area contributed by atoms with Crippen LogP contribution in [0.2, 0.25) is 0 Å². The van der Waals surface area contributed by atoms with Crippen LogP contribution in [0.25, 0.3) is 113 Å². The third-order valence-corrected chi connectivity index (χ3v) is 15.1. The highest BCUT2D eigenvalue weighted by Crippen LogP contribution is 2.50. The van der Waals surface area contributed by atoms with Gasteiger partial charge in [0.2, 0.25) is 0 Å². The highest BCUT2D eigenvalue weighted by molar-refractivity contribution is 7.27. The Morgan fingerprint density at radius 2 is 0.925 bits per heavy atom. The first kappa shape index (κ1) is 37.8. The van der Waals surface area contributed by atoms with Gasteiger partial charge in [-0.3, -0.25) is 0 Å². The Morgan fingerprint density at radius 1 is 0.328 bits per heavy atom. The molecule has 14 rings (SSSR count). The summed E-state index contributed by atoms with van der Waals surface area (Å²) < 4.78 is 4.98. The smallest absolute Gasteiger partial charge is 0.0554 e. The van der Waals surface area contributed by atoms with E-state index < -0.39 is 0 Å². The van der Waals surface area contributed by atoms with Crippen molar-refractivity contribution in [1.29, 1.82) is 0 Å². The van der Waals surface area contributed by atoms with Crippen molar-refractivity contribution in [1.82, 2.24) is 4.57 Å². The second kappa shape index (κ2) is 15.0. The van der Waals surface area contributed by atoms with Gasteiger partial charge in [0.25, 0.3) is 0 Å². The molecule has 0 unspecified atom stereocenters. The van der Waals surface area contributed by atoms with E-state index in [4.69, 9.17) is 0 Å². The summed E-state index contributed by atoms with van der Waals surface area (Å²) in [6, 6.07) is 89.5. The average Bonchev–Trinajstić information content (AvgIpc) is 3.95. The first-order valence-electron chi connectivity index (χ1n) is 23.0. The fourth-order valence-corrected chi connectivity index (χ4v) is 12.1. The maximum atomic E-state index is 2.48. The average molecular weight is 869 g/mol. The number of benzene rings is 12. The summed E-state index contributed by atoms with van der Waals surface area (Å²) in [5, 5.41) is 15.1. The van der Waals surface area contributed by atoms with E-state index in [1.807, 2.05) is 11.3 Å². The van der Waals surface area contributed by atoms with Crippen molar-refractivity contribution in [3.63, 3.8) is 0 Å². The summed E-state index contributed by atoms with van der Waals surface area (Å²) in [6.45, 7) is 0. The van der Waals surface area contributed by atoms with Gasteiger partial charge in [0, 0.05) is 58.8 Å². The van der Waals surface area contributed by atoms with E-state index in [0.717, 1.165) is 17.1 Å². The van der Waals surface area contributed by atoms with Crippen LogP contribution in [0.3, 0.4) is 0 Å². The number of nitrogens with zero attached hydrogens (tertiary/aromatic N) is 2. The van der Waals surface area contributed by atoms with Gasteiger partial charge < -0.3 is 9.47 Å². The van der Waals surface area contributed by atoms with Crippen LogP contribution in [0.4, 0.5) is 17.1 Å². The van der Waals surface area contributed by atoms with Crippen LogP contribution < -0.4 is 4.90 Å². The zero-order valence-corrected chi connectivity index (χ0v) is 37.2. The minimum absolute atomic E-state index is 1.11. The molecule has 2 heterocycles. The third-order valence-electron chi connectivity index (χ3n) is 13.9. The van der Waals surface area contributed by atoms with Crippen molar-refractivity contribution in [3.05, 3.63) is 243 Å². The molecule has 0 spiro atoms. The van der Waals surface area contributed by atoms with Gasteiger partial charge in [-0.1, -0.05) is 176 Å². The fourth-order valence-electron chi connectivity index (χ4n) is 10.9. The standard InChI is InChI=1S/C64H40N2S/c1-3-15-41(16-4-1)42-29-32-47(33-30-42)65(48-34-35-50-44(37-48)28-27-43-17-7-8-20-49(43)50)61-40-62-63(54-24-11-10-22-52(54)61)58-39-56(51-21-9-12-25-55(51)64(58)67-62)45-31-36-60-57(38-45)53-23-13-14-26-59(53)66(60)46-18-5-2-6-19-46/h1-40H. The monoisotopic (exact) mass is 868 g/mol. The van der Waals surface area contributed by atoms with Gasteiger partial charge in [-0.2, -0.15) is 0 Å². The molecule has 67 heavy (non-hydrogen) atoms. The summed E-state index contributed by atoms with van der Waals surface area (Å²) >= 11 is 1.91. The number of aromatic nitrogens is 1. The van der Waals surface area contributed by atoms with Crippen LogP contribution in [-0.2, 0) is 0 Å². The van der Waals surface area contributed by atoms with Crippen molar-refractivity contribution in [2.24, 2.45) is 0 Å². The molecule has 0 aliphatic rings. The molecule has 12 aromatic carbocycles. The Morgan fingerprint density at radius 3 is 1.75 bits per heavy atom. The Balaban J connectivity index is 1.000. The molecule has 3 heteroatoms. The molecule has 0 bridgehead atoms. The first-order chi connectivity index (χ1) is 33.2. The first-order valence-corrected chi connectivity index (χ1v) is 23.8. The van der Waals surface area contributed by atoms with E-state index in [0.29, 0.717) is 0 Å². The summed E-state index contributed by atoms with van der Waals surface area (Å²) in [7, 11) is 0. The summed E-state index contributed by atoms with van der Waals surface area (Å²) in [6.07, 6.45) is 0.